The lowest BCUT2D eigenvalue weighted by Gasteiger charge is -2.06. The van der Waals surface area contributed by atoms with E-state index in [2.05, 4.69) is 21.7 Å². The van der Waals surface area contributed by atoms with Gasteiger partial charge in [-0.25, -0.2) is 0 Å². The lowest BCUT2D eigenvalue weighted by Crippen LogP contribution is -2.17. The lowest BCUT2D eigenvalue weighted by molar-refractivity contribution is -0.138. The first-order valence-corrected chi connectivity index (χ1v) is 10.8. The molecule has 0 aliphatic heterocycles. The molecule has 0 aromatic rings. The van der Waals surface area contributed by atoms with Gasteiger partial charge in [-0.15, -0.1) is 0 Å². The number of carbonyl (C=O) groups is 4. The van der Waals surface area contributed by atoms with E-state index in [9.17, 15) is 19.2 Å². The van der Waals surface area contributed by atoms with E-state index in [4.69, 9.17) is 12.2 Å². The van der Waals surface area contributed by atoms with Gasteiger partial charge in [0.1, 0.15) is 5.78 Å². The maximum Gasteiger partial charge on any atom is 0.302 e. The van der Waals surface area contributed by atoms with Gasteiger partial charge in [0.25, 0.3) is 0 Å². The Morgan fingerprint density at radius 3 is 0.871 bits per heavy atom. The molecule has 0 radical (unpaired) electrons. The monoisotopic (exact) mass is 502 g/mol. The zero-order valence-corrected chi connectivity index (χ0v) is 24.0. The molecule has 0 heterocycles. The Morgan fingerprint density at radius 2 is 0.871 bits per heavy atom. The summed E-state index contributed by atoms with van der Waals surface area (Å²) in [5.74, 6) is 0.0139. The van der Waals surface area contributed by atoms with Crippen molar-refractivity contribution in [1.82, 2.24) is 9.80 Å². The van der Waals surface area contributed by atoms with E-state index < -0.39 is 0 Å². The summed E-state index contributed by atoms with van der Waals surface area (Å²) in [6.07, 6.45) is 1.77. The maximum absolute atomic E-state index is 10.1. The van der Waals surface area contributed by atoms with Gasteiger partial charge < -0.3 is 24.1 Å². The van der Waals surface area contributed by atoms with Crippen molar-refractivity contribution in [3.63, 3.8) is 0 Å². The van der Waals surface area contributed by atoms with Gasteiger partial charge in [-0.3, -0.25) is 14.4 Å². The third-order valence-electron chi connectivity index (χ3n) is 2.12. The van der Waals surface area contributed by atoms with E-state index >= 15 is 0 Å². The molecule has 8 nitrogen and oxygen atoms in total. The average Bonchev–Trinajstić information content (AvgIpc) is 2.62. The first-order valence-electron chi connectivity index (χ1n) is 8.80. The fraction of sp³-hybridized carbons (Fsp3) is 0.700. The number of amides is 1. The van der Waals surface area contributed by atoms with Gasteiger partial charge >= 0.3 is 5.97 Å². The van der Waals surface area contributed by atoms with E-state index in [1.165, 1.54) is 51.5 Å². The summed E-state index contributed by atoms with van der Waals surface area (Å²) in [6, 6.07) is 0. The summed E-state index contributed by atoms with van der Waals surface area (Å²) >= 11 is 10.5. The number of ketones is 1. The lowest BCUT2D eigenvalue weighted by atomic mass is 10.6. The largest absolute Gasteiger partial charge is 0.491 e. The Balaban J connectivity index is -0.0000000608. The topological polar surface area (TPSA) is 93.2 Å². The van der Waals surface area contributed by atoms with Crippen LogP contribution >= 0.6 is 36.2 Å². The summed E-state index contributed by atoms with van der Waals surface area (Å²) in [4.78, 5) is 43.2. The molecule has 0 aliphatic carbocycles. The first-order chi connectivity index (χ1) is 13.8. The van der Waals surface area contributed by atoms with E-state index in [1.54, 1.807) is 41.3 Å². The average molecular weight is 503 g/mol. The molecule has 0 rings (SSSR count). The number of Topliss-reactive ketones (excluding diaryl/α,β-unsaturated/α-hetero) is 1. The molecule has 31 heavy (non-hydrogen) atoms. The summed E-state index contributed by atoms with van der Waals surface area (Å²) < 4.78 is 8.59. The fourth-order valence-electron chi connectivity index (χ4n) is 0. The van der Waals surface area contributed by atoms with Crippen LogP contribution in [-0.2, 0) is 28.7 Å². The van der Waals surface area contributed by atoms with Gasteiger partial charge in [0.05, 0.1) is 19.2 Å². The second-order valence-electron chi connectivity index (χ2n) is 5.82. The van der Waals surface area contributed by atoms with Crippen LogP contribution in [0.4, 0.5) is 0 Å². The minimum atomic E-state index is -0.245. The number of thioether (sulfide) groups is 1. The summed E-state index contributed by atoms with van der Waals surface area (Å²) in [7, 11) is 10.2. The third-order valence-corrected chi connectivity index (χ3v) is 3.23. The standard InChI is InChI=1S/C4H9NO.C4H9NS.C3H6O2.2C3H6OS.C3H6O/c2*1-4(6)5(2)3;2*1-3(4)5-2;1-3(5)4-2;1-3(2)4/h2*1-3H3;3*1-2H3;1-2H3. The molecule has 0 saturated heterocycles. The molecule has 0 aromatic carbocycles. The molecule has 1 amide bonds. The Kier molecular flexibility index (Phi) is 46.2. The molecule has 0 fully saturated rings. The molecule has 0 atom stereocenters. The van der Waals surface area contributed by atoms with Crippen LogP contribution in [-0.4, -0.2) is 91.3 Å². The molecular formula is C20H42N2O6S3. The van der Waals surface area contributed by atoms with Crippen molar-refractivity contribution >= 4 is 69.0 Å². The summed E-state index contributed by atoms with van der Waals surface area (Å²) in [6.45, 7) is 11.1. The van der Waals surface area contributed by atoms with E-state index in [1.807, 2.05) is 25.9 Å². The number of esters is 1. The predicted octanol–water partition coefficient (Wildman–Crippen LogP) is 3.64. The summed E-state index contributed by atoms with van der Waals surface area (Å²) in [5.41, 5.74) is 0. The van der Waals surface area contributed by atoms with Crippen molar-refractivity contribution < 1.29 is 28.7 Å². The van der Waals surface area contributed by atoms with Crippen LogP contribution < -0.4 is 0 Å². The minimum Gasteiger partial charge on any atom is -0.491 e. The van der Waals surface area contributed by atoms with Crippen LogP contribution in [0.2, 0.25) is 0 Å². The van der Waals surface area contributed by atoms with Crippen LogP contribution in [0.1, 0.15) is 48.5 Å². The van der Waals surface area contributed by atoms with Crippen molar-refractivity contribution in [2.45, 2.75) is 48.5 Å². The van der Waals surface area contributed by atoms with Crippen molar-refractivity contribution in [1.29, 1.82) is 0 Å². The number of rotatable bonds is 0. The smallest absolute Gasteiger partial charge is 0.302 e. The number of thiocarbonyl (C=S) groups is 2. The number of nitrogens with zero attached hydrogens (tertiary/aromatic N) is 2. The molecule has 0 unspecified atom stereocenters. The first kappa shape index (κ1) is 43.3. The van der Waals surface area contributed by atoms with Crippen molar-refractivity contribution in [3.8, 4) is 0 Å². The van der Waals surface area contributed by atoms with Gasteiger partial charge in [0.2, 0.25) is 5.91 Å². The number of hydrogen-bond donors (Lipinski definition) is 0. The normalized spacial score (nSPS) is 7.29. The third kappa shape index (κ3) is 129. The van der Waals surface area contributed by atoms with Gasteiger partial charge in [0, 0.05) is 55.9 Å². The van der Waals surface area contributed by atoms with Crippen molar-refractivity contribution in [2.24, 2.45) is 0 Å². The molecule has 0 bridgehead atoms. The number of methoxy groups -OCH3 is 2. The second-order valence-corrected chi connectivity index (χ2v) is 7.97. The van der Waals surface area contributed by atoms with Crippen LogP contribution in [0.25, 0.3) is 0 Å². The van der Waals surface area contributed by atoms with Crippen LogP contribution in [0.15, 0.2) is 0 Å². The molecule has 0 N–H and O–H groups in total. The van der Waals surface area contributed by atoms with E-state index in [0.717, 1.165) is 4.99 Å². The summed E-state index contributed by atoms with van der Waals surface area (Å²) in [5, 5.41) is 0.759. The molecule has 0 aliphatic rings. The molecule has 186 valence electrons. The highest BCUT2D eigenvalue weighted by Crippen LogP contribution is 1.88. The van der Waals surface area contributed by atoms with E-state index in [0.29, 0.717) is 5.05 Å². The highest BCUT2D eigenvalue weighted by molar-refractivity contribution is 8.12. The Hall–Kier alpha value is -1.59. The maximum atomic E-state index is 10.1. The molecule has 0 aromatic heterocycles. The van der Waals surface area contributed by atoms with Crippen LogP contribution in [0.3, 0.4) is 0 Å². The Morgan fingerprint density at radius 1 is 0.710 bits per heavy atom. The highest BCUT2D eigenvalue weighted by atomic mass is 32.2. The van der Waals surface area contributed by atoms with Gasteiger partial charge in [-0.2, -0.15) is 0 Å². The van der Waals surface area contributed by atoms with Crippen LogP contribution in [0.5, 0.6) is 0 Å². The molecule has 0 spiro atoms. The fourth-order valence-corrected chi connectivity index (χ4v) is 0. The van der Waals surface area contributed by atoms with Crippen molar-refractivity contribution in [3.05, 3.63) is 0 Å². The quantitative estimate of drug-likeness (QED) is 0.361. The second kappa shape index (κ2) is 33.1. The van der Waals surface area contributed by atoms with Crippen LogP contribution in [0, 0.1) is 0 Å². The van der Waals surface area contributed by atoms with Crippen molar-refractivity contribution in [2.75, 3.05) is 48.7 Å². The SMILES string of the molecule is CC(=O)N(C)C.CC(=S)N(C)C.CC(C)=O.COC(C)=O.COC(C)=S.CSC(C)=O. The number of hydrogen-bond acceptors (Lipinski definition) is 9. The number of ether oxygens (including phenoxy) is 2. The predicted molar refractivity (Wildman–Crippen MR) is 140 cm³/mol. The number of carbonyl (C=O) groups excluding carboxylic acids is 4. The minimum absolute atomic E-state index is 0.0926. The van der Waals surface area contributed by atoms with Gasteiger partial charge in [-0.1, -0.05) is 24.0 Å². The zero-order valence-electron chi connectivity index (χ0n) is 21.6. The molecule has 11 heteroatoms. The van der Waals surface area contributed by atoms with E-state index in [-0.39, 0.29) is 22.8 Å². The molecule has 0 saturated carbocycles. The molecular weight excluding hydrogens is 460 g/mol. The Bertz CT molecular complexity index is 456. The highest BCUT2D eigenvalue weighted by Gasteiger charge is 1.87. The zero-order chi connectivity index (χ0) is 26.7. The Labute approximate surface area is 204 Å². The van der Waals surface area contributed by atoms with Gasteiger partial charge in [-0.05, 0) is 39.2 Å². The van der Waals surface area contributed by atoms with Gasteiger partial charge in [0.15, 0.2) is 10.2 Å².